The van der Waals surface area contributed by atoms with Crippen molar-refractivity contribution in [3.05, 3.63) is 11.9 Å². The Morgan fingerprint density at radius 1 is 1.69 bits per heavy atom. The number of nitrogens with zero attached hydrogens (tertiary/aromatic N) is 3. The Bertz CT molecular complexity index is 338. The lowest BCUT2D eigenvalue weighted by molar-refractivity contribution is -0.122. The zero-order valence-electron chi connectivity index (χ0n) is 7.95. The van der Waals surface area contributed by atoms with Gasteiger partial charge < -0.3 is 0 Å². The van der Waals surface area contributed by atoms with E-state index in [9.17, 15) is 4.79 Å². The van der Waals surface area contributed by atoms with E-state index in [0.29, 0.717) is 12.2 Å². The summed E-state index contributed by atoms with van der Waals surface area (Å²) in [6, 6.07) is 0. The van der Waals surface area contributed by atoms with E-state index in [1.54, 1.807) is 17.9 Å². The first-order valence-electron chi connectivity index (χ1n) is 4.49. The molecular formula is C9H13N3O. The second kappa shape index (κ2) is 2.65. The number of ketones is 1. The van der Waals surface area contributed by atoms with Gasteiger partial charge in [-0.2, -0.15) is 0 Å². The SMILES string of the molecule is Cn1cc(CC(=O)C2(C)CC2)nn1. The molecule has 0 amide bonds. The Balaban J connectivity index is 2.02. The second-order valence-corrected chi connectivity index (χ2v) is 4.04. The van der Waals surface area contributed by atoms with E-state index in [1.165, 1.54) is 0 Å². The molecule has 0 bridgehead atoms. The zero-order chi connectivity index (χ0) is 9.47. The van der Waals surface area contributed by atoms with Crippen molar-refractivity contribution in [3.8, 4) is 0 Å². The van der Waals surface area contributed by atoms with E-state index in [0.717, 1.165) is 18.5 Å². The molecule has 0 N–H and O–H groups in total. The number of hydrogen-bond acceptors (Lipinski definition) is 3. The van der Waals surface area contributed by atoms with E-state index in [-0.39, 0.29) is 5.41 Å². The molecule has 1 aromatic heterocycles. The fraction of sp³-hybridized carbons (Fsp3) is 0.667. The summed E-state index contributed by atoms with van der Waals surface area (Å²) in [5.74, 6) is 0.299. The van der Waals surface area contributed by atoms with Crippen LogP contribution in [-0.4, -0.2) is 20.8 Å². The van der Waals surface area contributed by atoms with Gasteiger partial charge >= 0.3 is 0 Å². The van der Waals surface area contributed by atoms with E-state index in [1.807, 2.05) is 6.92 Å². The first-order valence-corrected chi connectivity index (χ1v) is 4.49. The number of carbonyl (C=O) groups is 1. The molecule has 1 heterocycles. The highest BCUT2D eigenvalue weighted by Gasteiger charge is 2.44. The van der Waals surface area contributed by atoms with Crippen molar-refractivity contribution in [2.45, 2.75) is 26.2 Å². The highest BCUT2D eigenvalue weighted by molar-refractivity contribution is 5.88. The summed E-state index contributed by atoms with van der Waals surface area (Å²) in [7, 11) is 1.81. The van der Waals surface area contributed by atoms with Gasteiger partial charge in [0.2, 0.25) is 0 Å². The van der Waals surface area contributed by atoms with Crippen molar-refractivity contribution >= 4 is 5.78 Å². The Hall–Kier alpha value is -1.19. The summed E-state index contributed by atoms with van der Waals surface area (Å²) >= 11 is 0. The molecule has 1 aliphatic carbocycles. The lowest BCUT2D eigenvalue weighted by Crippen LogP contribution is -2.14. The van der Waals surface area contributed by atoms with Crippen LogP contribution in [-0.2, 0) is 18.3 Å². The van der Waals surface area contributed by atoms with Crippen molar-refractivity contribution in [1.82, 2.24) is 15.0 Å². The van der Waals surface area contributed by atoms with E-state index in [4.69, 9.17) is 0 Å². The zero-order valence-corrected chi connectivity index (χ0v) is 7.95. The highest BCUT2D eigenvalue weighted by Crippen LogP contribution is 2.46. The molecule has 0 aromatic carbocycles. The largest absolute Gasteiger partial charge is 0.299 e. The van der Waals surface area contributed by atoms with Crippen LogP contribution in [0.15, 0.2) is 6.20 Å². The van der Waals surface area contributed by atoms with Crippen LogP contribution in [0.3, 0.4) is 0 Å². The van der Waals surface area contributed by atoms with Gasteiger partial charge in [-0.25, -0.2) is 0 Å². The minimum atomic E-state index is -0.0441. The molecule has 70 valence electrons. The Morgan fingerprint density at radius 3 is 2.85 bits per heavy atom. The van der Waals surface area contributed by atoms with Gasteiger partial charge in [-0.1, -0.05) is 12.1 Å². The molecule has 1 aromatic rings. The lowest BCUT2D eigenvalue weighted by atomic mass is 10.0. The molecule has 4 heteroatoms. The van der Waals surface area contributed by atoms with Crippen LogP contribution in [0, 0.1) is 5.41 Å². The molecule has 0 spiro atoms. The third-order valence-corrected chi connectivity index (χ3v) is 2.66. The topological polar surface area (TPSA) is 47.8 Å². The second-order valence-electron chi connectivity index (χ2n) is 4.04. The van der Waals surface area contributed by atoms with Crippen molar-refractivity contribution in [2.24, 2.45) is 12.5 Å². The number of hydrogen-bond donors (Lipinski definition) is 0. The Kier molecular flexibility index (Phi) is 1.71. The number of aryl methyl sites for hydroxylation is 1. The van der Waals surface area contributed by atoms with E-state index >= 15 is 0 Å². The van der Waals surface area contributed by atoms with Crippen molar-refractivity contribution < 1.29 is 4.79 Å². The third kappa shape index (κ3) is 1.61. The van der Waals surface area contributed by atoms with Crippen LogP contribution in [0.4, 0.5) is 0 Å². The van der Waals surface area contributed by atoms with E-state index in [2.05, 4.69) is 10.3 Å². The van der Waals surface area contributed by atoms with Gasteiger partial charge in [0.1, 0.15) is 5.78 Å². The highest BCUT2D eigenvalue weighted by atomic mass is 16.1. The molecular weight excluding hydrogens is 166 g/mol. The van der Waals surface area contributed by atoms with Crippen LogP contribution in [0.5, 0.6) is 0 Å². The molecule has 1 fully saturated rings. The van der Waals surface area contributed by atoms with E-state index < -0.39 is 0 Å². The maximum absolute atomic E-state index is 11.6. The first-order chi connectivity index (χ1) is 6.10. The quantitative estimate of drug-likeness (QED) is 0.687. The van der Waals surface area contributed by atoms with Crippen LogP contribution < -0.4 is 0 Å². The minimum Gasteiger partial charge on any atom is -0.299 e. The summed E-state index contributed by atoms with van der Waals surface area (Å²) in [4.78, 5) is 11.6. The fourth-order valence-corrected chi connectivity index (χ4v) is 1.32. The summed E-state index contributed by atoms with van der Waals surface area (Å²) in [6.07, 6.45) is 4.30. The Morgan fingerprint density at radius 2 is 2.38 bits per heavy atom. The third-order valence-electron chi connectivity index (χ3n) is 2.66. The van der Waals surface area contributed by atoms with Crippen molar-refractivity contribution in [3.63, 3.8) is 0 Å². The normalized spacial score (nSPS) is 18.6. The number of rotatable bonds is 3. The number of aromatic nitrogens is 3. The van der Waals surface area contributed by atoms with Gasteiger partial charge in [-0.3, -0.25) is 9.48 Å². The molecule has 0 aliphatic heterocycles. The van der Waals surface area contributed by atoms with Gasteiger partial charge in [0, 0.05) is 18.7 Å². The maximum Gasteiger partial charge on any atom is 0.144 e. The molecule has 4 nitrogen and oxygen atoms in total. The number of carbonyl (C=O) groups excluding carboxylic acids is 1. The molecule has 13 heavy (non-hydrogen) atoms. The Labute approximate surface area is 76.9 Å². The van der Waals surface area contributed by atoms with Gasteiger partial charge in [-0.15, -0.1) is 5.10 Å². The van der Waals surface area contributed by atoms with Crippen LogP contribution in [0.2, 0.25) is 0 Å². The average Bonchev–Trinajstić information content (AvgIpc) is 2.69. The molecule has 1 aliphatic rings. The van der Waals surface area contributed by atoms with Crippen LogP contribution in [0.1, 0.15) is 25.5 Å². The minimum absolute atomic E-state index is 0.0441. The molecule has 0 atom stereocenters. The predicted molar refractivity (Wildman–Crippen MR) is 47.1 cm³/mol. The fourth-order valence-electron chi connectivity index (χ4n) is 1.32. The van der Waals surface area contributed by atoms with Crippen LogP contribution >= 0.6 is 0 Å². The number of Topliss-reactive ketones (excluding diaryl/α,β-unsaturated/α-hetero) is 1. The van der Waals surface area contributed by atoms with Gasteiger partial charge in [0.15, 0.2) is 0 Å². The smallest absolute Gasteiger partial charge is 0.144 e. The molecule has 0 saturated heterocycles. The van der Waals surface area contributed by atoms with Crippen molar-refractivity contribution in [2.75, 3.05) is 0 Å². The van der Waals surface area contributed by atoms with Gasteiger partial charge in [0.05, 0.1) is 12.1 Å². The lowest BCUT2D eigenvalue weighted by Gasteiger charge is -2.03. The van der Waals surface area contributed by atoms with Crippen LogP contribution in [0.25, 0.3) is 0 Å². The van der Waals surface area contributed by atoms with Gasteiger partial charge in [-0.05, 0) is 12.8 Å². The maximum atomic E-state index is 11.6. The summed E-state index contributed by atoms with van der Waals surface area (Å²) in [5.41, 5.74) is 0.734. The summed E-state index contributed by atoms with van der Waals surface area (Å²) in [6.45, 7) is 2.02. The molecule has 2 rings (SSSR count). The monoisotopic (exact) mass is 179 g/mol. The summed E-state index contributed by atoms with van der Waals surface area (Å²) in [5, 5.41) is 7.68. The standard InChI is InChI=1S/C9H13N3O/c1-9(3-4-9)8(13)5-7-6-12(2)11-10-7/h6H,3-5H2,1-2H3. The van der Waals surface area contributed by atoms with Gasteiger partial charge in [0.25, 0.3) is 0 Å². The first kappa shape index (κ1) is 8.41. The average molecular weight is 179 g/mol. The van der Waals surface area contributed by atoms with Crippen molar-refractivity contribution in [1.29, 1.82) is 0 Å². The molecule has 0 radical (unpaired) electrons. The molecule has 1 saturated carbocycles. The predicted octanol–water partition coefficient (Wildman–Crippen LogP) is 0.727. The molecule has 0 unspecified atom stereocenters. The summed E-state index contributed by atoms with van der Waals surface area (Å²) < 4.78 is 1.62.